The molecule has 0 bridgehead atoms. The molecule has 0 saturated heterocycles. The van der Waals surface area contributed by atoms with Gasteiger partial charge in [0.05, 0.1) is 0 Å². The van der Waals surface area contributed by atoms with Crippen LogP contribution in [0, 0.1) is 0 Å². The number of aryl methyl sites for hydroxylation is 1. The van der Waals surface area contributed by atoms with Crippen LogP contribution in [0.2, 0.25) is 0 Å². The third kappa shape index (κ3) is 2.40. The highest BCUT2D eigenvalue weighted by Crippen LogP contribution is 2.38. The van der Waals surface area contributed by atoms with E-state index in [9.17, 15) is 0 Å². The molecule has 0 atom stereocenters. The Bertz CT molecular complexity index is 371. The minimum atomic E-state index is 1.19. The highest BCUT2D eigenvalue weighted by atomic mass is 32.1. The third-order valence-corrected chi connectivity index (χ3v) is 4.49. The number of hydrogen-bond donors (Lipinski definition) is 0. The van der Waals surface area contributed by atoms with E-state index in [2.05, 4.69) is 25.3 Å². The summed E-state index contributed by atoms with van der Waals surface area (Å²) in [6.45, 7) is 4.56. The van der Waals surface area contributed by atoms with Gasteiger partial charge < -0.3 is 0 Å². The minimum absolute atomic E-state index is 1.19. The van der Waals surface area contributed by atoms with Crippen LogP contribution >= 0.6 is 11.3 Å². The van der Waals surface area contributed by atoms with Crippen molar-refractivity contribution in [2.75, 3.05) is 0 Å². The summed E-state index contributed by atoms with van der Waals surface area (Å²) in [7, 11) is 0. The van der Waals surface area contributed by atoms with Crippen molar-refractivity contribution in [3.05, 3.63) is 27.5 Å². The molecule has 0 unspecified atom stereocenters. The number of fused-ring (bicyclic) bond motifs is 1. The molecule has 0 N–H and O–H groups in total. The molecule has 0 radical (unpaired) electrons. The second kappa shape index (κ2) is 5.67. The van der Waals surface area contributed by atoms with Gasteiger partial charge in [-0.05, 0) is 54.2 Å². The Balaban J connectivity index is 2.10. The zero-order chi connectivity index (χ0) is 11.4. The fourth-order valence-electron chi connectivity index (χ4n) is 2.43. The number of unbranched alkanes of at least 4 members (excludes halogenated alkanes) is 2. The molecule has 2 rings (SSSR count). The number of rotatable bonds is 6. The van der Waals surface area contributed by atoms with Crippen LogP contribution in [0.1, 0.15) is 62.0 Å². The number of allylic oxidation sites excluding steroid dienone is 2. The largest absolute Gasteiger partial charge is 0.148 e. The fourth-order valence-corrected chi connectivity index (χ4v) is 3.57. The van der Waals surface area contributed by atoms with Crippen molar-refractivity contribution >= 4 is 16.9 Å². The van der Waals surface area contributed by atoms with Crippen LogP contribution in [0.4, 0.5) is 0 Å². The molecule has 1 aliphatic rings. The van der Waals surface area contributed by atoms with Crippen molar-refractivity contribution in [2.45, 2.75) is 58.8 Å². The minimum Gasteiger partial charge on any atom is -0.148 e. The van der Waals surface area contributed by atoms with E-state index in [1.165, 1.54) is 44.9 Å². The maximum absolute atomic E-state index is 2.46. The summed E-state index contributed by atoms with van der Waals surface area (Å²) in [6, 6.07) is 0. The summed E-state index contributed by atoms with van der Waals surface area (Å²) in [4.78, 5) is 1.65. The van der Waals surface area contributed by atoms with E-state index >= 15 is 0 Å². The van der Waals surface area contributed by atoms with Crippen molar-refractivity contribution < 1.29 is 0 Å². The van der Waals surface area contributed by atoms with Crippen LogP contribution in [0.15, 0.2) is 11.5 Å². The average Bonchev–Trinajstić information content (AvgIpc) is 2.86. The van der Waals surface area contributed by atoms with E-state index in [0.717, 1.165) is 0 Å². The lowest BCUT2D eigenvalue weighted by molar-refractivity contribution is 0.799. The van der Waals surface area contributed by atoms with Gasteiger partial charge in [-0.1, -0.05) is 32.8 Å². The summed E-state index contributed by atoms with van der Waals surface area (Å²) >= 11 is 1.99. The van der Waals surface area contributed by atoms with Gasteiger partial charge in [0.2, 0.25) is 0 Å². The van der Waals surface area contributed by atoms with Crippen LogP contribution in [0.5, 0.6) is 0 Å². The first-order chi connectivity index (χ1) is 7.86. The number of thiophene rings is 1. The molecule has 1 heterocycles. The van der Waals surface area contributed by atoms with Gasteiger partial charge in [-0.3, -0.25) is 0 Å². The summed E-state index contributed by atoms with van der Waals surface area (Å²) in [6.07, 6.45) is 11.5. The molecule has 0 aromatic carbocycles. The Morgan fingerprint density at radius 3 is 2.62 bits per heavy atom. The van der Waals surface area contributed by atoms with Gasteiger partial charge in [-0.2, -0.15) is 0 Å². The monoisotopic (exact) mass is 234 g/mol. The Hall–Kier alpha value is -0.560. The van der Waals surface area contributed by atoms with Crippen LogP contribution in [0.25, 0.3) is 5.57 Å². The molecule has 1 aliphatic carbocycles. The van der Waals surface area contributed by atoms with Crippen molar-refractivity contribution in [3.63, 3.8) is 0 Å². The Labute approximate surface area is 103 Å². The lowest BCUT2D eigenvalue weighted by Gasteiger charge is -2.06. The molecule has 0 amide bonds. The lowest BCUT2D eigenvalue weighted by Crippen LogP contribution is -1.88. The molecule has 1 aromatic rings. The Morgan fingerprint density at radius 2 is 1.88 bits per heavy atom. The molecule has 88 valence electrons. The molecule has 1 heteroatoms. The van der Waals surface area contributed by atoms with Crippen LogP contribution < -0.4 is 0 Å². The molecule has 0 spiro atoms. The van der Waals surface area contributed by atoms with Gasteiger partial charge in [0.15, 0.2) is 0 Å². The van der Waals surface area contributed by atoms with Gasteiger partial charge in [0, 0.05) is 4.88 Å². The lowest BCUT2D eigenvalue weighted by atomic mass is 10.0. The van der Waals surface area contributed by atoms with Crippen LogP contribution in [0.3, 0.4) is 0 Å². The van der Waals surface area contributed by atoms with Gasteiger partial charge in [0.1, 0.15) is 0 Å². The van der Waals surface area contributed by atoms with E-state index < -0.39 is 0 Å². The topological polar surface area (TPSA) is 0 Å². The second-order valence-electron chi connectivity index (χ2n) is 4.70. The molecule has 0 fully saturated rings. The zero-order valence-electron chi connectivity index (χ0n) is 10.5. The molecule has 16 heavy (non-hydrogen) atoms. The van der Waals surface area contributed by atoms with Crippen molar-refractivity contribution in [1.82, 2.24) is 0 Å². The van der Waals surface area contributed by atoms with Crippen molar-refractivity contribution in [1.29, 1.82) is 0 Å². The first kappa shape index (κ1) is 11.9. The number of hydrogen-bond acceptors (Lipinski definition) is 1. The van der Waals surface area contributed by atoms with Crippen molar-refractivity contribution in [3.8, 4) is 0 Å². The Kier molecular flexibility index (Phi) is 4.22. The molecule has 0 saturated carbocycles. The summed E-state index contributed by atoms with van der Waals surface area (Å²) in [5, 5.41) is 2.38. The average molecular weight is 234 g/mol. The van der Waals surface area contributed by atoms with E-state index in [1.807, 2.05) is 11.3 Å². The fraction of sp³-hybridized carbons (Fsp3) is 0.600. The van der Waals surface area contributed by atoms with Crippen LogP contribution in [-0.2, 0) is 12.8 Å². The molecule has 0 nitrogen and oxygen atoms in total. The van der Waals surface area contributed by atoms with Crippen molar-refractivity contribution in [2.24, 2.45) is 0 Å². The smallest absolute Gasteiger partial charge is 0.0123 e. The zero-order valence-corrected chi connectivity index (χ0v) is 11.3. The quantitative estimate of drug-likeness (QED) is 0.633. The van der Waals surface area contributed by atoms with Gasteiger partial charge in [0.25, 0.3) is 0 Å². The maximum atomic E-state index is 2.46. The normalized spacial score (nSPS) is 14.0. The highest BCUT2D eigenvalue weighted by molar-refractivity contribution is 7.10. The first-order valence-electron chi connectivity index (χ1n) is 6.65. The molecule has 1 aromatic heterocycles. The summed E-state index contributed by atoms with van der Waals surface area (Å²) in [5.74, 6) is 0. The van der Waals surface area contributed by atoms with Gasteiger partial charge >= 0.3 is 0 Å². The standard InChI is InChI=1S/C15H22S/c1-3-5-7-12-9-10-13-11-16-14(15(12)13)8-6-4-2/h9,11H,3-8,10H2,1-2H3. The van der Waals surface area contributed by atoms with E-state index in [4.69, 9.17) is 0 Å². The van der Waals surface area contributed by atoms with E-state index in [1.54, 1.807) is 21.6 Å². The molecule has 0 aliphatic heterocycles. The predicted octanol–water partition coefficient (Wildman–Crippen LogP) is 5.22. The molecular formula is C15H22S. The first-order valence-corrected chi connectivity index (χ1v) is 7.53. The van der Waals surface area contributed by atoms with E-state index in [0.29, 0.717) is 0 Å². The maximum Gasteiger partial charge on any atom is 0.0123 e. The van der Waals surface area contributed by atoms with Gasteiger partial charge in [-0.25, -0.2) is 0 Å². The highest BCUT2D eigenvalue weighted by Gasteiger charge is 2.18. The summed E-state index contributed by atoms with van der Waals surface area (Å²) in [5.41, 5.74) is 4.89. The third-order valence-electron chi connectivity index (χ3n) is 3.39. The molecular weight excluding hydrogens is 212 g/mol. The van der Waals surface area contributed by atoms with Crippen LogP contribution in [-0.4, -0.2) is 0 Å². The predicted molar refractivity (Wildman–Crippen MR) is 74.1 cm³/mol. The van der Waals surface area contributed by atoms with E-state index in [-0.39, 0.29) is 0 Å². The summed E-state index contributed by atoms with van der Waals surface area (Å²) < 4.78 is 0. The second-order valence-corrected chi connectivity index (χ2v) is 5.66. The van der Waals surface area contributed by atoms with Gasteiger partial charge in [-0.15, -0.1) is 11.3 Å². The SMILES string of the molecule is CCCCC1=CCc2csc(CCCC)c21. The Morgan fingerprint density at radius 1 is 1.12 bits per heavy atom.